The van der Waals surface area contributed by atoms with E-state index in [9.17, 15) is 0 Å². The molecule has 0 N–H and O–H groups in total. The van der Waals surface area contributed by atoms with Crippen LogP contribution in [0.4, 0.5) is 5.69 Å². The van der Waals surface area contributed by atoms with E-state index < -0.39 is 0 Å². The Bertz CT molecular complexity index is 216. The fraction of sp³-hybridized carbons (Fsp3) is 0.250. The fourth-order valence-electron chi connectivity index (χ4n) is 0.739. The minimum atomic E-state index is 0. The Morgan fingerprint density at radius 1 is 1.18 bits per heavy atom. The van der Waals surface area contributed by atoms with Gasteiger partial charge in [-0.15, -0.1) is 0 Å². The van der Waals surface area contributed by atoms with Crippen LogP contribution in [-0.4, -0.2) is 37.1 Å². The summed E-state index contributed by atoms with van der Waals surface area (Å²) in [6, 6.07) is 8.22. The van der Waals surface area contributed by atoms with E-state index in [-0.39, 0.29) is 25.9 Å². The minimum absolute atomic E-state index is 0. The SMILES string of the molecule is CN(C)c1ccc(Br)cc1.[H-].[H-].[Mg+2]. The van der Waals surface area contributed by atoms with Crippen molar-refractivity contribution in [2.24, 2.45) is 0 Å². The zero-order valence-electron chi connectivity index (χ0n) is 8.84. The predicted octanol–water partition coefficient (Wildman–Crippen LogP) is 2.36. The standard InChI is InChI=1S/C8H10BrN.Mg.2H/c1-10(2)8-5-3-7(9)4-6-8;;;/h3-6H,1-2H3;;;/q;+2;2*-1. The number of benzene rings is 1. The molecule has 0 unspecified atom stereocenters. The summed E-state index contributed by atoms with van der Waals surface area (Å²) < 4.78 is 1.12. The maximum Gasteiger partial charge on any atom is 2.00 e. The second-order valence-electron chi connectivity index (χ2n) is 2.37. The summed E-state index contributed by atoms with van der Waals surface area (Å²) in [6.45, 7) is 0. The third kappa shape index (κ3) is 3.45. The second kappa shape index (κ2) is 5.01. The molecule has 0 aliphatic rings. The summed E-state index contributed by atoms with van der Waals surface area (Å²) in [7, 11) is 4.06. The summed E-state index contributed by atoms with van der Waals surface area (Å²) in [5.41, 5.74) is 1.23. The van der Waals surface area contributed by atoms with Gasteiger partial charge in [0.15, 0.2) is 0 Å². The van der Waals surface area contributed by atoms with Crippen molar-refractivity contribution in [3.05, 3.63) is 28.7 Å². The van der Waals surface area contributed by atoms with Gasteiger partial charge in [0.1, 0.15) is 0 Å². The zero-order chi connectivity index (χ0) is 7.56. The van der Waals surface area contributed by atoms with Crippen molar-refractivity contribution in [2.75, 3.05) is 19.0 Å². The number of hydrogen-bond donors (Lipinski definition) is 0. The third-order valence-electron chi connectivity index (χ3n) is 1.34. The Labute approximate surface area is 95.0 Å². The van der Waals surface area contributed by atoms with Crippen LogP contribution in [-0.2, 0) is 0 Å². The summed E-state index contributed by atoms with van der Waals surface area (Å²) in [5.74, 6) is 0. The van der Waals surface area contributed by atoms with E-state index in [4.69, 9.17) is 0 Å². The molecule has 0 saturated carbocycles. The predicted molar refractivity (Wildman–Crippen MR) is 56.4 cm³/mol. The molecule has 0 heterocycles. The molecule has 0 radical (unpaired) electrons. The fourth-order valence-corrected chi connectivity index (χ4v) is 1.00. The molecule has 0 aliphatic heterocycles. The average molecular weight is 226 g/mol. The van der Waals surface area contributed by atoms with Crippen molar-refractivity contribution in [1.82, 2.24) is 0 Å². The van der Waals surface area contributed by atoms with Crippen LogP contribution < -0.4 is 4.90 Å². The molecular formula is C8H12BrMgN. The van der Waals surface area contributed by atoms with Crippen LogP contribution >= 0.6 is 15.9 Å². The summed E-state index contributed by atoms with van der Waals surface area (Å²) in [6.07, 6.45) is 0. The minimum Gasteiger partial charge on any atom is -1.00 e. The Morgan fingerprint density at radius 3 is 2.00 bits per heavy atom. The second-order valence-corrected chi connectivity index (χ2v) is 3.29. The summed E-state index contributed by atoms with van der Waals surface area (Å²) >= 11 is 3.38. The van der Waals surface area contributed by atoms with Gasteiger partial charge in [0.25, 0.3) is 0 Å². The van der Waals surface area contributed by atoms with Gasteiger partial charge in [0, 0.05) is 24.3 Å². The Morgan fingerprint density at radius 2 is 1.64 bits per heavy atom. The van der Waals surface area contributed by atoms with Crippen LogP contribution in [0.15, 0.2) is 28.7 Å². The van der Waals surface area contributed by atoms with Gasteiger partial charge in [-0.2, -0.15) is 0 Å². The van der Waals surface area contributed by atoms with Gasteiger partial charge >= 0.3 is 23.1 Å². The van der Waals surface area contributed by atoms with E-state index >= 15 is 0 Å². The monoisotopic (exact) mass is 225 g/mol. The average Bonchev–Trinajstić information content (AvgIpc) is 1.88. The first-order chi connectivity index (χ1) is 4.70. The van der Waals surface area contributed by atoms with Gasteiger partial charge in [-0.25, -0.2) is 0 Å². The van der Waals surface area contributed by atoms with Crippen molar-refractivity contribution in [1.29, 1.82) is 0 Å². The largest absolute Gasteiger partial charge is 2.00 e. The first-order valence-corrected chi connectivity index (χ1v) is 3.92. The topological polar surface area (TPSA) is 3.24 Å². The molecule has 1 rings (SSSR count). The molecule has 58 valence electrons. The Hall–Kier alpha value is 0.266. The molecule has 0 saturated heterocycles. The van der Waals surface area contributed by atoms with Crippen LogP contribution in [0.25, 0.3) is 0 Å². The number of nitrogens with zero attached hydrogens (tertiary/aromatic N) is 1. The molecule has 1 nitrogen and oxygen atoms in total. The zero-order valence-corrected chi connectivity index (χ0v) is 9.84. The number of rotatable bonds is 1. The van der Waals surface area contributed by atoms with E-state index in [1.165, 1.54) is 5.69 Å². The molecule has 1 aromatic rings. The molecule has 0 spiro atoms. The van der Waals surface area contributed by atoms with Crippen molar-refractivity contribution < 1.29 is 2.85 Å². The van der Waals surface area contributed by atoms with Gasteiger partial charge in [-0.3, -0.25) is 0 Å². The van der Waals surface area contributed by atoms with E-state index in [2.05, 4.69) is 33.0 Å². The normalized spacial score (nSPS) is 8.64. The summed E-state index contributed by atoms with van der Waals surface area (Å²) in [4.78, 5) is 2.08. The van der Waals surface area contributed by atoms with Crippen LogP contribution in [0.3, 0.4) is 0 Å². The molecular weight excluding hydrogens is 214 g/mol. The molecule has 0 fully saturated rings. The van der Waals surface area contributed by atoms with Crippen LogP contribution in [0.5, 0.6) is 0 Å². The van der Waals surface area contributed by atoms with Crippen molar-refractivity contribution in [2.45, 2.75) is 0 Å². The van der Waals surface area contributed by atoms with Gasteiger partial charge in [-0.05, 0) is 24.3 Å². The number of halogens is 1. The third-order valence-corrected chi connectivity index (χ3v) is 1.87. The Kier molecular flexibility index (Phi) is 5.13. The molecule has 11 heavy (non-hydrogen) atoms. The molecule has 0 bridgehead atoms. The van der Waals surface area contributed by atoms with Crippen molar-refractivity contribution in [3.63, 3.8) is 0 Å². The van der Waals surface area contributed by atoms with Crippen LogP contribution in [0.1, 0.15) is 2.85 Å². The molecule has 3 heteroatoms. The molecule has 0 atom stereocenters. The maximum absolute atomic E-state index is 3.38. The molecule has 0 aromatic heterocycles. The van der Waals surface area contributed by atoms with Gasteiger partial charge in [-0.1, -0.05) is 15.9 Å². The van der Waals surface area contributed by atoms with Gasteiger partial charge < -0.3 is 7.75 Å². The Balaban J connectivity index is -0.000000333. The number of hydrogen-bond acceptors (Lipinski definition) is 1. The van der Waals surface area contributed by atoms with E-state index in [0.29, 0.717) is 0 Å². The first-order valence-electron chi connectivity index (χ1n) is 3.13. The van der Waals surface area contributed by atoms with Crippen LogP contribution in [0.2, 0.25) is 0 Å². The van der Waals surface area contributed by atoms with E-state index in [1.807, 2.05) is 26.2 Å². The molecule has 0 aliphatic carbocycles. The molecule has 1 aromatic carbocycles. The van der Waals surface area contributed by atoms with Crippen LogP contribution in [0, 0.1) is 0 Å². The van der Waals surface area contributed by atoms with E-state index in [1.54, 1.807) is 0 Å². The molecule has 0 amide bonds. The van der Waals surface area contributed by atoms with E-state index in [0.717, 1.165) is 4.47 Å². The quantitative estimate of drug-likeness (QED) is 0.665. The summed E-state index contributed by atoms with van der Waals surface area (Å²) in [5, 5.41) is 0. The number of anilines is 1. The van der Waals surface area contributed by atoms with Gasteiger partial charge in [0.2, 0.25) is 0 Å². The van der Waals surface area contributed by atoms with Crippen molar-refractivity contribution in [3.8, 4) is 0 Å². The first kappa shape index (κ1) is 11.3. The smallest absolute Gasteiger partial charge is 1.00 e. The maximum atomic E-state index is 3.38. The van der Waals surface area contributed by atoms with Crippen molar-refractivity contribution >= 4 is 44.7 Å². The van der Waals surface area contributed by atoms with Gasteiger partial charge in [0.05, 0.1) is 0 Å².